The number of hydrogen-bond donors (Lipinski definition) is 1. The summed E-state index contributed by atoms with van der Waals surface area (Å²) < 4.78 is 5.27. The fourth-order valence-corrected chi connectivity index (χ4v) is 2.07. The molecule has 4 heteroatoms. The van der Waals surface area contributed by atoms with E-state index in [9.17, 15) is 0 Å². The Balaban J connectivity index is 1.78. The number of para-hydroxylation sites is 2. The molecule has 4 nitrogen and oxygen atoms in total. The molecule has 0 aliphatic rings. The number of anilines is 1. The van der Waals surface area contributed by atoms with Gasteiger partial charge in [-0.3, -0.25) is 5.43 Å². The third-order valence-electron chi connectivity index (χ3n) is 3.12. The lowest BCUT2D eigenvalue weighted by Gasteiger charge is -2.04. The molecule has 0 bridgehead atoms. The van der Waals surface area contributed by atoms with E-state index in [1.54, 1.807) is 13.3 Å². The molecule has 0 saturated heterocycles. The van der Waals surface area contributed by atoms with Gasteiger partial charge in [0.25, 0.3) is 0 Å². The van der Waals surface area contributed by atoms with Gasteiger partial charge in [-0.1, -0.05) is 30.3 Å². The van der Waals surface area contributed by atoms with Gasteiger partial charge < -0.3 is 4.74 Å². The van der Waals surface area contributed by atoms with Crippen LogP contribution in [-0.2, 0) is 0 Å². The summed E-state index contributed by atoms with van der Waals surface area (Å²) in [7, 11) is 1.64. The molecule has 0 radical (unpaired) electrons. The number of nitrogens with zero attached hydrogens (tertiary/aromatic N) is 2. The molecule has 1 N–H and O–H groups in total. The second-order valence-corrected chi connectivity index (χ2v) is 4.50. The Morgan fingerprint density at radius 1 is 1.00 bits per heavy atom. The van der Waals surface area contributed by atoms with E-state index >= 15 is 0 Å². The minimum absolute atomic E-state index is 0.708. The van der Waals surface area contributed by atoms with Crippen molar-refractivity contribution in [3.8, 4) is 5.75 Å². The molecule has 104 valence electrons. The molecule has 2 aromatic carbocycles. The Bertz CT molecular complexity index is 784. The van der Waals surface area contributed by atoms with Gasteiger partial charge in [0.1, 0.15) is 11.6 Å². The highest BCUT2D eigenvalue weighted by molar-refractivity contribution is 5.84. The van der Waals surface area contributed by atoms with Crippen molar-refractivity contribution in [2.24, 2.45) is 5.10 Å². The topological polar surface area (TPSA) is 46.5 Å². The molecule has 0 atom stereocenters. The summed E-state index contributed by atoms with van der Waals surface area (Å²) in [6, 6.07) is 19.6. The highest BCUT2D eigenvalue weighted by Gasteiger charge is 1.98. The zero-order valence-corrected chi connectivity index (χ0v) is 11.7. The number of ether oxygens (including phenoxy) is 1. The Morgan fingerprint density at radius 3 is 2.71 bits per heavy atom. The van der Waals surface area contributed by atoms with E-state index in [-0.39, 0.29) is 0 Å². The Morgan fingerprint density at radius 2 is 1.81 bits per heavy atom. The summed E-state index contributed by atoms with van der Waals surface area (Å²) in [4.78, 5) is 4.49. The smallest absolute Gasteiger partial charge is 0.146 e. The monoisotopic (exact) mass is 277 g/mol. The first-order chi connectivity index (χ1) is 10.4. The van der Waals surface area contributed by atoms with Crippen LogP contribution in [-0.4, -0.2) is 18.3 Å². The predicted molar refractivity (Wildman–Crippen MR) is 86.0 cm³/mol. The summed E-state index contributed by atoms with van der Waals surface area (Å²) in [5.41, 5.74) is 4.79. The number of fused-ring (bicyclic) bond motifs is 1. The van der Waals surface area contributed by atoms with Crippen LogP contribution in [0, 0.1) is 0 Å². The van der Waals surface area contributed by atoms with Gasteiger partial charge in [-0.15, -0.1) is 0 Å². The van der Waals surface area contributed by atoms with Crippen molar-refractivity contribution in [1.82, 2.24) is 4.98 Å². The molecule has 3 aromatic rings. The van der Waals surface area contributed by atoms with Crippen LogP contribution in [0.3, 0.4) is 0 Å². The van der Waals surface area contributed by atoms with Gasteiger partial charge in [-0.05, 0) is 30.3 Å². The maximum Gasteiger partial charge on any atom is 0.146 e. The lowest BCUT2D eigenvalue weighted by atomic mass is 10.2. The molecular weight excluding hydrogens is 262 g/mol. The van der Waals surface area contributed by atoms with Crippen LogP contribution in [0.2, 0.25) is 0 Å². The molecular formula is C17H15N3O. The summed E-state index contributed by atoms with van der Waals surface area (Å²) in [5, 5.41) is 5.32. The average Bonchev–Trinajstić information content (AvgIpc) is 2.55. The quantitative estimate of drug-likeness (QED) is 0.584. The normalized spacial score (nSPS) is 10.9. The second kappa shape index (κ2) is 6.05. The lowest BCUT2D eigenvalue weighted by molar-refractivity contribution is 0.414. The van der Waals surface area contributed by atoms with Crippen molar-refractivity contribution in [1.29, 1.82) is 0 Å². The zero-order chi connectivity index (χ0) is 14.5. The minimum atomic E-state index is 0.708. The van der Waals surface area contributed by atoms with Crippen molar-refractivity contribution in [3.63, 3.8) is 0 Å². The Labute approximate surface area is 123 Å². The summed E-state index contributed by atoms with van der Waals surface area (Å²) in [6.45, 7) is 0. The number of hydrazone groups is 1. The molecule has 0 fully saturated rings. The molecule has 0 aliphatic carbocycles. The molecule has 1 aromatic heterocycles. The molecule has 0 saturated carbocycles. The van der Waals surface area contributed by atoms with Gasteiger partial charge in [0.05, 0.1) is 18.8 Å². The van der Waals surface area contributed by atoms with Crippen LogP contribution in [0.15, 0.2) is 65.8 Å². The molecule has 1 heterocycles. The van der Waals surface area contributed by atoms with Gasteiger partial charge in [0.2, 0.25) is 0 Å². The number of nitrogens with one attached hydrogen (secondary N) is 1. The highest BCUT2D eigenvalue weighted by Crippen LogP contribution is 2.16. The maximum atomic E-state index is 5.27. The molecule has 0 amide bonds. The third kappa shape index (κ3) is 3.00. The molecule has 21 heavy (non-hydrogen) atoms. The van der Waals surface area contributed by atoms with Crippen LogP contribution >= 0.6 is 0 Å². The van der Waals surface area contributed by atoms with Crippen LogP contribution in [0.1, 0.15) is 5.56 Å². The molecule has 3 rings (SSSR count). The van der Waals surface area contributed by atoms with E-state index in [1.807, 2.05) is 60.7 Å². The number of pyridine rings is 1. The molecule has 0 unspecified atom stereocenters. The van der Waals surface area contributed by atoms with E-state index in [4.69, 9.17) is 4.74 Å². The fraction of sp³-hybridized carbons (Fsp3) is 0.0588. The van der Waals surface area contributed by atoms with Crippen molar-refractivity contribution in [2.45, 2.75) is 0 Å². The summed E-state index contributed by atoms with van der Waals surface area (Å²) in [5.74, 6) is 1.49. The first-order valence-corrected chi connectivity index (χ1v) is 6.65. The Hall–Kier alpha value is -2.88. The van der Waals surface area contributed by atoms with Crippen molar-refractivity contribution in [2.75, 3.05) is 12.5 Å². The number of rotatable bonds is 4. The molecule has 0 spiro atoms. The highest BCUT2D eigenvalue weighted by atomic mass is 16.5. The van der Waals surface area contributed by atoms with E-state index < -0.39 is 0 Å². The SMILES string of the molecule is COc1ccccc1C=NNc1ccc2ccccc2n1. The van der Waals surface area contributed by atoms with Gasteiger partial charge in [-0.25, -0.2) is 4.98 Å². The van der Waals surface area contributed by atoms with E-state index in [1.165, 1.54) is 0 Å². The van der Waals surface area contributed by atoms with Crippen LogP contribution in [0.5, 0.6) is 5.75 Å². The van der Waals surface area contributed by atoms with E-state index in [2.05, 4.69) is 15.5 Å². The number of aromatic nitrogens is 1. The van der Waals surface area contributed by atoms with Crippen LogP contribution in [0.4, 0.5) is 5.82 Å². The standard InChI is InChI=1S/C17H15N3O/c1-21-16-9-5-3-7-14(16)12-18-20-17-11-10-13-6-2-4-8-15(13)19-17/h2-12H,1H3,(H,19,20). The largest absolute Gasteiger partial charge is 0.496 e. The van der Waals surface area contributed by atoms with Crippen LogP contribution < -0.4 is 10.2 Å². The average molecular weight is 277 g/mol. The fourth-order valence-electron chi connectivity index (χ4n) is 2.07. The first-order valence-electron chi connectivity index (χ1n) is 6.65. The Kier molecular flexibility index (Phi) is 3.78. The van der Waals surface area contributed by atoms with E-state index in [0.29, 0.717) is 5.82 Å². The van der Waals surface area contributed by atoms with Gasteiger partial charge in [0.15, 0.2) is 0 Å². The number of hydrogen-bond acceptors (Lipinski definition) is 4. The minimum Gasteiger partial charge on any atom is -0.496 e. The first kappa shape index (κ1) is 13.1. The predicted octanol–water partition coefficient (Wildman–Crippen LogP) is 3.69. The van der Waals surface area contributed by atoms with Crippen LogP contribution in [0.25, 0.3) is 10.9 Å². The third-order valence-corrected chi connectivity index (χ3v) is 3.12. The summed E-state index contributed by atoms with van der Waals surface area (Å²) >= 11 is 0. The van der Waals surface area contributed by atoms with Crippen molar-refractivity contribution < 1.29 is 4.74 Å². The summed E-state index contributed by atoms with van der Waals surface area (Å²) in [6.07, 6.45) is 1.72. The number of methoxy groups -OCH3 is 1. The van der Waals surface area contributed by atoms with Gasteiger partial charge in [0, 0.05) is 10.9 Å². The molecule has 0 aliphatic heterocycles. The van der Waals surface area contributed by atoms with Crippen molar-refractivity contribution in [3.05, 3.63) is 66.2 Å². The van der Waals surface area contributed by atoms with Gasteiger partial charge in [-0.2, -0.15) is 5.10 Å². The maximum absolute atomic E-state index is 5.27. The zero-order valence-electron chi connectivity index (χ0n) is 11.7. The second-order valence-electron chi connectivity index (χ2n) is 4.50. The lowest BCUT2D eigenvalue weighted by Crippen LogP contribution is -1.95. The van der Waals surface area contributed by atoms with E-state index in [0.717, 1.165) is 22.2 Å². The van der Waals surface area contributed by atoms with Crippen molar-refractivity contribution >= 4 is 22.9 Å². The number of benzene rings is 2. The van der Waals surface area contributed by atoms with Gasteiger partial charge >= 0.3 is 0 Å².